The third-order valence-corrected chi connectivity index (χ3v) is 2.37. The summed E-state index contributed by atoms with van der Waals surface area (Å²) in [6.45, 7) is 10.1. The topological polar surface area (TPSA) is 96.8 Å². The molecule has 0 N–H and O–H groups in total. The lowest BCUT2D eigenvalue weighted by Crippen LogP contribution is -2.34. The molecule has 112 valence electrons. The van der Waals surface area contributed by atoms with Crippen LogP contribution in [0.25, 0.3) is 5.53 Å². The molecule has 0 aliphatic heterocycles. The first-order chi connectivity index (χ1) is 8.88. The van der Waals surface area contributed by atoms with E-state index in [-0.39, 0.29) is 18.6 Å². The average Bonchev–Trinajstić information content (AvgIpc) is 2.22. The van der Waals surface area contributed by atoms with Crippen molar-refractivity contribution in [1.82, 2.24) is 0 Å². The molecule has 0 saturated carbocycles. The standard InChI is InChI=1S/C14H22N2O4/c1-13(2,3)10(18)8-7-9(17)11(16-15)12(19)20-14(4,5)6/h7-8H2,1-6H3. The van der Waals surface area contributed by atoms with Crippen molar-refractivity contribution in [3.63, 3.8) is 0 Å². The number of Topliss-reactive ketones (excluding diaryl/α,β-unsaturated/α-hetero) is 2. The van der Waals surface area contributed by atoms with Crippen molar-refractivity contribution in [2.75, 3.05) is 0 Å². The summed E-state index contributed by atoms with van der Waals surface area (Å²) >= 11 is 0. The molecule has 0 heterocycles. The van der Waals surface area contributed by atoms with Crippen LogP contribution in [0.3, 0.4) is 0 Å². The van der Waals surface area contributed by atoms with E-state index in [9.17, 15) is 14.4 Å². The molecule has 20 heavy (non-hydrogen) atoms. The smallest absolute Gasteiger partial charge is 0.441 e. The zero-order chi connectivity index (χ0) is 16.1. The van der Waals surface area contributed by atoms with Crippen molar-refractivity contribution >= 4 is 23.2 Å². The Hall–Kier alpha value is -1.81. The summed E-state index contributed by atoms with van der Waals surface area (Å²) in [5.74, 6) is -1.81. The molecule has 0 fully saturated rings. The largest absolute Gasteiger partial charge is 0.451 e. The van der Waals surface area contributed by atoms with Gasteiger partial charge in [-0.3, -0.25) is 9.59 Å². The van der Waals surface area contributed by atoms with Gasteiger partial charge in [0.1, 0.15) is 11.4 Å². The van der Waals surface area contributed by atoms with Crippen molar-refractivity contribution in [3.8, 4) is 0 Å². The second kappa shape index (κ2) is 6.57. The van der Waals surface area contributed by atoms with Gasteiger partial charge in [0.25, 0.3) is 5.78 Å². The van der Waals surface area contributed by atoms with E-state index in [1.807, 2.05) is 0 Å². The highest BCUT2D eigenvalue weighted by Crippen LogP contribution is 2.18. The number of ketones is 2. The van der Waals surface area contributed by atoms with Gasteiger partial charge in [0.15, 0.2) is 0 Å². The zero-order valence-corrected chi connectivity index (χ0v) is 12.9. The van der Waals surface area contributed by atoms with Gasteiger partial charge in [0.05, 0.1) is 0 Å². The van der Waals surface area contributed by atoms with Crippen LogP contribution in [0.4, 0.5) is 0 Å². The average molecular weight is 282 g/mol. The molecular formula is C14H22N2O4. The highest BCUT2D eigenvalue weighted by molar-refractivity contribution is 6.62. The van der Waals surface area contributed by atoms with Gasteiger partial charge < -0.3 is 10.3 Å². The summed E-state index contributed by atoms with van der Waals surface area (Å²) in [7, 11) is 0. The van der Waals surface area contributed by atoms with Crippen molar-refractivity contribution in [1.29, 1.82) is 0 Å². The Labute approximate surface area is 119 Å². The molecular weight excluding hydrogens is 260 g/mol. The molecule has 0 aliphatic carbocycles. The molecule has 0 spiro atoms. The van der Waals surface area contributed by atoms with Gasteiger partial charge in [-0.25, -0.2) is 4.79 Å². The molecule has 0 unspecified atom stereocenters. The Kier molecular flexibility index (Phi) is 5.97. The number of hydrogen-bond acceptors (Lipinski definition) is 4. The molecule has 0 aliphatic rings. The minimum Gasteiger partial charge on any atom is -0.451 e. The van der Waals surface area contributed by atoms with E-state index < -0.39 is 28.5 Å². The van der Waals surface area contributed by atoms with Crippen molar-refractivity contribution in [2.24, 2.45) is 5.41 Å². The number of nitrogens with zero attached hydrogens (tertiary/aromatic N) is 2. The minimum atomic E-state index is -0.992. The SMILES string of the molecule is CC(C)(C)OC(=O)C(=[N+]=[N-])C(=O)CCC(=O)C(C)(C)C. The van der Waals surface area contributed by atoms with E-state index in [4.69, 9.17) is 10.3 Å². The molecule has 0 aromatic rings. The Morgan fingerprint density at radius 3 is 1.85 bits per heavy atom. The number of hydrogen-bond donors (Lipinski definition) is 0. The second-order valence-electron chi connectivity index (χ2n) is 6.55. The first kappa shape index (κ1) is 18.2. The van der Waals surface area contributed by atoms with E-state index in [1.54, 1.807) is 41.5 Å². The van der Waals surface area contributed by atoms with Gasteiger partial charge in [0, 0.05) is 18.3 Å². The van der Waals surface area contributed by atoms with Crippen LogP contribution in [0.1, 0.15) is 54.4 Å². The van der Waals surface area contributed by atoms with Crippen LogP contribution in [0.15, 0.2) is 0 Å². The van der Waals surface area contributed by atoms with Gasteiger partial charge in [-0.05, 0) is 20.8 Å². The number of carbonyl (C=O) groups excluding carboxylic acids is 3. The molecule has 0 atom stereocenters. The molecule has 0 saturated heterocycles. The summed E-state index contributed by atoms with van der Waals surface area (Å²) in [5.41, 5.74) is 6.74. The molecule has 0 rings (SSSR count). The van der Waals surface area contributed by atoms with Gasteiger partial charge in [-0.2, -0.15) is 4.79 Å². The highest BCUT2D eigenvalue weighted by atomic mass is 16.6. The molecule has 0 aromatic heterocycles. The van der Waals surface area contributed by atoms with Crippen LogP contribution in [0.2, 0.25) is 0 Å². The van der Waals surface area contributed by atoms with Crippen LogP contribution in [-0.4, -0.2) is 33.6 Å². The quantitative estimate of drug-likeness (QED) is 0.253. The van der Waals surface area contributed by atoms with Crippen LogP contribution in [-0.2, 0) is 19.1 Å². The Balaban J connectivity index is 4.72. The van der Waals surface area contributed by atoms with E-state index in [1.165, 1.54) is 0 Å². The molecule has 0 aromatic carbocycles. The van der Waals surface area contributed by atoms with E-state index >= 15 is 0 Å². The van der Waals surface area contributed by atoms with Gasteiger partial charge >= 0.3 is 11.7 Å². The van der Waals surface area contributed by atoms with E-state index in [0.29, 0.717) is 0 Å². The predicted octanol–water partition coefficient (Wildman–Crippen LogP) is 1.96. The normalized spacial score (nSPS) is 11.5. The number of esters is 1. The Morgan fingerprint density at radius 2 is 1.50 bits per heavy atom. The van der Waals surface area contributed by atoms with E-state index in [0.717, 1.165) is 0 Å². The van der Waals surface area contributed by atoms with Gasteiger partial charge in [-0.15, -0.1) is 0 Å². The summed E-state index contributed by atoms with van der Waals surface area (Å²) in [5, 5.41) is 0. The maximum atomic E-state index is 11.8. The molecule has 0 bridgehead atoms. The molecule has 0 radical (unpaired) electrons. The van der Waals surface area contributed by atoms with Gasteiger partial charge in [-0.1, -0.05) is 20.8 Å². The predicted molar refractivity (Wildman–Crippen MR) is 73.2 cm³/mol. The number of rotatable bonds is 5. The highest BCUT2D eigenvalue weighted by Gasteiger charge is 2.34. The lowest BCUT2D eigenvalue weighted by atomic mass is 9.87. The number of carbonyl (C=O) groups is 3. The molecule has 6 heteroatoms. The fraction of sp³-hybridized carbons (Fsp3) is 0.714. The lowest BCUT2D eigenvalue weighted by Gasteiger charge is -2.17. The van der Waals surface area contributed by atoms with Crippen molar-refractivity contribution in [2.45, 2.75) is 60.0 Å². The lowest BCUT2D eigenvalue weighted by molar-refractivity contribution is -0.152. The minimum absolute atomic E-state index is 0.00977. The monoisotopic (exact) mass is 282 g/mol. The third kappa shape index (κ3) is 6.38. The number of ether oxygens (including phenoxy) is 1. The maximum absolute atomic E-state index is 11.8. The fourth-order valence-electron chi connectivity index (χ4n) is 1.26. The van der Waals surface area contributed by atoms with Crippen LogP contribution < -0.4 is 0 Å². The van der Waals surface area contributed by atoms with Crippen LogP contribution in [0.5, 0.6) is 0 Å². The fourth-order valence-corrected chi connectivity index (χ4v) is 1.26. The summed E-state index contributed by atoms with van der Waals surface area (Å²) in [6, 6.07) is 0. The summed E-state index contributed by atoms with van der Waals surface area (Å²) in [4.78, 5) is 37.8. The summed E-state index contributed by atoms with van der Waals surface area (Å²) in [6.07, 6.45) is -0.196. The first-order valence-corrected chi connectivity index (χ1v) is 6.40. The van der Waals surface area contributed by atoms with Gasteiger partial charge in [0.2, 0.25) is 0 Å². The zero-order valence-electron chi connectivity index (χ0n) is 12.9. The Morgan fingerprint density at radius 1 is 1.00 bits per heavy atom. The Bertz CT molecular complexity index is 461. The summed E-state index contributed by atoms with van der Waals surface area (Å²) < 4.78 is 4.95. The molecule has 6 nitrogen and oxygen atoms in total. The van der Waals surface area contributed by atoms with Crippen LogP contribution >= 0.6 is 0 Å². The van der Waals surface area contributed by atoms with E-state index in [2.05, 4.69) is 4.79 Å². The molecule has 0 amide bonds. The first-order valence-electron chi connectivity index (χ1n) is 6.40. The van der Waals surface area contributed by atoms with Crippen LogP contribution in [0, 0.1) is 5.41 Å². The van der Waals surface area contributed by atoms with Crippen molar-refractivity contribution in [3.05, 3.63) is 5.53 Å². The second-order valence-corrected chi connectivity index (χ2v) is 6.55. The van der Waals surface area contributed by atoms with Crippen molar-refractivity contribution < 1.29 is 23.9 Å². The maximum Gasteiger partial charge on any atom is 0.441 e. The third-order valence-electron chi connectivity index (χ3n) is 2.37.